The van der Waals surface area contributed by atoms with Crippen LogP contribution in [0.15, 0.2) is 35.4 Å². The highest BCUT2D eigenvalue weighted by Gasteiger charge is 2.14. The van der Waals surface area contributed by atoms with Crippen LogP contribution in [0, 0.1) is 24.0 Å². The van der Waals surface area contributed by atoms with Crippen molar-refractivity contribution in [1.82, 2.24) is 5.43 Å². The Morgan fingerprint density at radius 2 is 1.96 bits per heavy atom. The standard InChI is InChI=1S/C19H21N3O6/c1-4-27-16-7-5-6-14(18(16)24)10-20-21-17(23)11-28-19-12(2)8-15(22(25)26)9-13(19)3/h5-10,24H,4,11H2,1-3H3,(H,21,23). The number of hydrogen-bond acceptors (Lipinski definition) is 7. The van der Waals surface area contributed by atoms with E-state index in [4.69, 9.17) is 9.47 Å². The van der Waals surface area contributed by atoms with E-state index in [-0.39, 0.29) is 18.0 Å². The Morgan fingerprint density at radius 3 is 2.57 bits per heavy atom. The average molecular weight is 387 g/mol. The van der Waals surface area contributed by atoms with Gasteiger partial charge in [0.15, 0.2) is 18.1 Å². The summed E-state index contributed by atoms with van der Waals surface area (Å²) in [5.41, 5.74) is 3.75. The number of aromatic hydroxyl groups is 1. The van der Waals surface area contributed by atoms with Gasteiger partial charge in [-0.05, 0) is 44.0 Å². The number of hydrogen-bond donors (Lipinski definition) is 2. The lowest BCUT2D eigenvalue weighted by Gasteiger charge is -2.11. The number of nitrogens with zero attached hydrogens (tertiary/aromatic N) is 2. The Labute approximate surface area is 161 Å². The molecular weight excluding hydrogens is 366 g/mol. The van der Waals surface area contributed by atoms with Gasteiger partial charge >= 0.3 is 0 Å². The highest BCUT2D eigenvalue weighted by molar-refractivity contribution is 5.86. The van der Waals surface area contributed by atoms with Crippen LogP contribution in [0.4, 0.5) is 5.69 Å². The van der Waals surface area contributed by atoms with Crippen molar-refractivity contribution >= 4 is 17.8 Å². The molecule has 0 saturated carbocycles. The summed E-state index contributed by atoms with van der Waals surface area (Å²) in [7, 11) is 0. The highest BCUT2D eigenvalue weighted by Crippen LogP contribution is 2.29. The topological polar surface area (TPSA) is 123 Å². The minimum Gasteiger partial charge on any atom is -0.504 e. The third-order valence-corrected chi connectivity index (χ3v) is 3.73. The molecule has 0 radical (unpaired) electrons. The summed E-state index contributed by atoms with van der Waals surface area (Å²) in [5.74, 6) is 0.140. The molecule has 0 fully saturated rings. The van der Waals surface area contributed by atoms with Crippen LogP contribution in [-0.2, 0) is 4.79 Å². The van der Waals surface area contributed by atoms with Crippen molar-refractivity contribution in [2.24, 2.45) is 5.10 Å². The number of para-hydroxylation sites is 1. The summed E-state index contributed by atoms with van der Waals surface area (Å²) < 4.78 is 10.7. The van der Waals surface area contributed by atoms with E-state index in [2.05, 4.69) is 10.5 Å². The van der Waals surface area contributed by atoms with E-state index >= 15 is 0 Å². The SMILES string of the molecule is CCOc1cccc(C=NNC(=O)COc2c(C)cc([N+](=O)[O-])cc2C)c1O. The molecule has 28 heavy (non-hydrogen) atoms. The molecule has 2 aromatic rings. The lowest BCUT2D eigenvalue weighted by Crippen LogP contribution is -2.25. The van der Waals surface area contributed by atoms with Gasteiger partial charge < -0.3 is 14.6 Å². The van der Waals surface area contributed by atoms with Crippen LogP contribution in [0.1, 0.15) is 23.6 Å². The summed E-state index contributed by atoms with van der Waals surface area (Å²) in [4.78, 5) is 22.3. The molecule has 1 amide bonds. The van der Waals surface area contributed by atoms with Gasteiger partial charge in [0.1, 0.15) is 5.75 Å². The summed E-state index contributed by atoms with van der Waals surface area (Å²) >= 11 is 0. The quantitative estimate of drug-likeness (QED) is 0.408. The minimum absolute atomic E-state index is 0.0366. The molecule has 0 aliphatic carbocycles. The molecule has 0 spiro atoms. The number of aryl methyl sites for hydroxylation is 2. The molecule has 2 rings (SSSR count). The first-order chi connectivity index (χ1) is 13.3. The van der Waals surface area contributed by atoms with Crippen LogP contribution in [0.2, 0.25) is 0 Å². The van der Waals surface area contributed by atoms with Crippen molar-refractivity contribution in [2.45, 2.75) is 20.8 Å². The van der Waals surface area contributed by atoms with Crippen LogP contribution >= 0.6 is 0 Å². The molecule has 0 unspecified atom stereocenters. The summed E-state index contributed by atoms with van der Waals surface area (Å²) in [6, 6.07) is 7.70. The molecule has 0 saturated heterocycles. The van der Waals surface area contributed by atoms with Crippen LogP contribution < -0.4 is 14.9 Å². The number of amides is 1. The van der Waals surface area contributed by atoms with E-state index in [1.807, 2.05) is 0 Å². The number of non-ortho nitro benzene ring substituents is 1. The first-order valence-corrected chi connectivity index (χ1v) is 8.48. The van der Waals surface area contributed by atoms with E-state index in [9.17, 15) is 20.0 Å². The predicted octanol–water partition coefficient (Wildman–Crippen LogP) is 2.85. The van der Waals surface area contributed by atoms with Crippen molar-refractivity contribution < 1.29 is 24.3 Å². The van der Waals surface area contributed by atoms with Crippen molar-refractivity contribution in [3.63, 3.8) is 0 Å². The zero-order chi connectivity index (χ0) is 20.7. The Morgan fingerprint density at radius 1 is 1.29 bits per heavy atom. The van der Waals surface area contributed by atoms with E-state index in [0.29, 0.717) is 34.8 Å². The minimum atomic E-state index is -0.520. The lowest BCUT2D eigenvalue weighted by atomic mass is 10.1. The Bertz CT molecular complexity index is 888. The molecular formula is C19H21N3O6. The summed E-state index contributed by atoms with van der Waals surface area (Å²) in [6.07, 6.45) is 1.29. The van der Waals surface area contributed by atoms with Crippen molar-refractivity contribution in [1.29, 1.82) is 0 Å². The molecule has 148 valence electrons. The maximum absolute atomic E-state index is 11.9. The first kappa shape index (κ1) is 20.7. The number of carbonyl (C=O) groups is 1. The number of nitrogens with one attached hydrogen (secondary N) is 1. The fourth-order valence-electron chi connectivity index (χ4n) is 2.52. The molecule has 9 nitrogen and oxygen atoms in total. The maximum Gasteiger partial charge on any atom is 0.277 e. The fourth-order valence-corrected chi connectivity index (χ4v) is 2.52. The lowest BCUT2D eigenvalue weighted by molar-refractivity contribution is -0.385. The molecule has 0 aromatic heterocycles. The van der Waals surface area contributed by atoms with Gasteiger partial charge in [-0.25, -0.2) is 5.43 Å². The molecule has 9 heteroatoms. The number of rotatable bonds is 8. The van der Waals surface area contributed by atoms with Gasteiger partial charge in [-0.15, -0.1) is 0 Å². The van der Waals surface area contributed by atoms with Crippen LogP contribution in [0.5, 0.6) is 17.2 Å². The molecule has 0 aliphatic rings. The first-order valence-electron chi connectivity index (χ1n) is 8.48. The van der Waals surface area contributed by atoms with E-state index in [0.717, 1.165) is 0 Å². The molecule has 0 bridgehead atoms. The molecule has 0 atom stereocenters. The molecule has 0 heterocycles. The third kappa shape index (κ3) is 5.19. The van der Waals surface area contributed by atoms with Gasteiger partial charge in [-0.3, -0.25) is 14.9 Å². The van der Waals surface area contributed by atoms with Crippen molar-refractivity contribution in [3.8, 4) is 17.2 Å². The van der Waals surface area contributed by atoms with Crippen LogP contribution in [0.3, 0.4) is 0 Å². The van der Waals surface area contributed by atoms with Gasteiger partial charge in [0, 0.05) is 17.7 Å². The van der Waals surface area contributed by atoms with E-state index < -0.39 is 10.8 Å². The molecule has 2 aromatic carbocycles. The third-order valence-electron chi connectivity index (χ3n) is 3.73. The summed E-state index contributed by atoms with van der Waals surface area (Å²) in [5, 5.41) is 24.7. The normalized spacial score (nSPS) is 10.7. The zero-order valence-electron chi connectivity index (χ0n) is 15.8. The zero-order valence-corrected chi connectivity index (χ0v) is 15.8. The number of ether oxygens (including phenoxy) is 2. The Hall–Kier alpha value is -3.62. The fraction of sp³-hybridized carbons (Fsp3) is 0.263. The van der Waals surface area contributed by atoms with Gasteiger partial charge in [-0.2, -0.15) is 5.10 Å². The second-order valence-electron chi connectivity index (χ2n) is 5.87. The van der Waals surface area contributed by atoms with Gasteiger partial charge in [0.05, 0.1) is 17.7 Å². The van der Waals surface area contributed by atoms with Crippen LogP contribution in [-0.4, -0.2) is 35.4 Å². The Balaban J connectivity index is 1.96. The number of benzene rings is 2. The van der Waals surface area contributed by atoms with Crippen molar-refractivity contribution in [3.05, 3.63) is 57.1 Å². The molecule has 0 aliphatic heterocycles. The van der Waals surface area contributed by atoms with Crippen LogP contribution in [0.25, 0.3) is 0 Å². The summed E-state index contributed by atoms with van der Waals surface area (Å²) in [6.45, 7) is 5.22. The van der Waals surface area contributed by atoms with E-state index in [1.165, 1.54) is 18.3 Å². The predicted molar refractivity (Wildman–Crippen MR) is 103 cm³/mol. The average Bonchev–Trinajstić information content (AvgIpc) is 2.64. The number of nitro benzene ring substituents is 1. The smallest absolute Gasteiger partial charge is 0.277 e. The molecule has 2 N–H and O–H groups in total. The number of carbonyl (C=O) groups excluding carboxylic acids is 1. The number of phenolic OH excluding ortho intramolecular Hbond substituents is 1. The number of nitro groups is 1. The Kier molecular flexibility index (Phi) is 6.91. The monoisotopic (exact) mass is 387 g/mol. The second kappa shape index (κ2) is 9.36. The van der Waals surface area contributed by atoms with Gasteiger partial charge in [-0.1, -0.05) is 6.07 Å². The highest BCUT2D eigenvalue weighted by atomic mass is 16.6. The van der Waals surface area contributed by atoms with E-state index in [1.54, 1.807) is 39.0 Å². The number of hydrazone groups is 1. The van der Waals surface area contributed by atoms with Gasteiger partial charge in [0.25, 0.3) is 11.6 Å². The van der Waals surface area contributed by atoms with Gasteiger partial charge in [0.2, 0.25) is 0 Å². The van der Waals surface area contributed by atoms with Crippen molar-refractivity contribution in [2.75, 3.05) is 13.2 Å². The maximum atomic E-state index is 11.9. The second-order valence-corrected chi connectivity index (χ2v) is 5.87. The number of phenols is 1. The largest absolute Gasteiger partial charge is 0.504 e.